The van der Waals surface area contributed by atoms with Crippen molar-refractivity contribution in [1.82, 2.24) is 9.88 Å². The minimum absolute atomic E-state index is 0.0429. The Labute approximate surface area is 126 Å². The van der Waals surface area contributed by atoms with Crippen LogP contribution in [0.2, 0.25) is 0 Å². The van der Waals surface area contributed by atoms with Gasteiger partial charge in [0.1, 0.15) is 6.54 Å². The lowest BCUT2D eigenvalue weighted by Crippen LogP contribution is -2.32. The summed E-state index contributed by atoms with van der Waals surface area (Å²) in [7, 11) is 0. The minimum Gasteiger partial charge on any atom is -0.381 e. The van der Waals surface area contributed by atoms with E-state index in [1.807, 2.05) is 0 Å². The maximum atomic E-state index is 11.7. The molecule has 0 aliphatic heterocycles. The summed E-state index contributed by atoms with van der Waals surface area (Å²) in [4.78, 5) is 23.2. The normalized spacial score (nSPS) is 14.2. The van der Waals surface area contributed by atoms with E-state index in [9.17, 15) is 9.59 Å². The molecule has 1 aromatic heterocycles. The number of aromatic nitrogens is 1. The van der Waals surface area contributed by atoms with Crippen LogP contribution >= 0.6 is 15.9 Å². The fraction of sp³-hybridized carbons (Fsp3) is 0.571. The van der Waals surface area contributed by atoms with Crippen LogP contribution in [0.1, 0.15) is 19.3 Å². The number of rotatable bonds is 8. The molecule has 1 amide bonds. The molecule has 1 heterocycles. The topological polar surface area (TPSA) is 60.3 Å². The summed E-state index contributed by atoms with van der Waals surface area (Å²) in [6.07, 6.45) is 4.99. The van der Waals surface area contributed by atoms with Crippen molar-refractivity contribution in [1.29, 1.82) is 0 Å². The van der Waals surface area contributed by atoms with E-state index in [1.165, 1.54) is 23.5 Å². The Morgan fingerprint density at radius 2 is 2.25 bits per heavy atom. The van der Waals surface area contributed by atoms with Gasteiger partial charge in [0.15, 0.2) is 0 Å². The summed E-state index contributed by atoms with van der Waals surface area (Å²) in [6, 6.07) is 3.09. The van der Waals surface area contributed by atoms with E-state index in [0.29, 0.717) is 13.2 Å². The predicted octanol–water partition coefficient (Wildman–Crippen LogP) is 1.54. The maximum absolute atomic E-state index is 11.7. The zero-order chi connectivity index (χ0) is 14.4. The highest BCUT2D eigenvalue weighted by molar-refractivity contribution is 9.10. The fourth-order valence-electron chi connectivity index (χ4n) is 1.77. The molecule has 1 aliphatic carbocycles. The molecule has 6 heteroatoms. The van der Waals surface area contributed by atoms with E-state index >= 15 is 0 Å². The van der Waals surface area contributed by atoms with Gasteiger partial charge in [-0.3, -0.25) is 9.59 Å². The number of carbonyl (C=O) groups is 1. The van der Waals surface area contributed by atoms with E-state index in [4.69, 9.17) is 4.74 Å². The van der Waals surface area contributed by atoms with Crippen LogP contribution in [-0.2, 0) is 16.1 Å². The Morgan fingerprint density at radius 3 is 3.00 bits per heavy atom. The molecule has 1 saturated carbocycles. The van der Waals surface area contributed by atoms with Gasteiger partial charge in [-0.25, -0.2) is 0 Å². The van der Waals surface area contributed by atoms with E-state index in [0.717, 1.165) is 23.4 Å². The molecule has 0 atom stereocenters. The molecular weight excluding hydrogens is 324 g/mol. The Balaban J connectivity index is 1.61. The zero-order valence-electron chi connectivity index (χ0n) is 11.3. The summed E-state index contributed by atoms with van der Waals surface area (Å²) in [6.45, 7) is 2.14. The quantitative estimate of drug-likeness (QED) is 0.729. The van der Waals surface area contributed by atoms with Crippen molar-refractivity contribution < 1.29 is 9.53 Å². The number of hydrogen-bond acceptors (Lipinski definition) is 3. The average molecular weight is 343 g/mol. The van der Waals surface area contributed by atoms with Crippen LogP contribution in [0.5, 0.6) is 0 Å². The SMILES string of the molecule is O=C(Cn1cc(Br)ccc1=O)NCCCOCC1CC1. The van der Waals surface area contributed by atoms with Gasteiger partial charge in [0.25, 0.3) is 5.56 Å². The van der Waals surface area contributed by atoms with E-state index in [2.05, 4.69) is 21.2 Å². The lowest BCUT2D eigenvalue weighted by Gasteiger charge is -2.08. The van der Waals surface area contributed by atoms with Crippen molar-refractivity contribution in [3.8, 4) is 0 Å². The summed E-state index contributed by atoms with van der Waals surface area (Å²) in [5.74, 6) is 0.611. The highest BCUT2D eigenvalue weighted by atomic mass is 79.9. The van der Waals surface area contributed by atoms with Gasteiger partial charge in [0.2, 0.25) is 5.91 Å². The average Bonchev–Trinajstić information content (AvgIpc) is 3.22. The van der Waals surface area contributed by atoms with Crippen molar-refractivity contribution in [2.75, 3.05) is 19.8 Å². The molecule has 0 saturated heterocycles. The molecule has 1 N–H and O–H groups in total. The molecule has 0 spiro atoms. The third-order valence-corrected chi connectivity index (χ3v) is 3.57. The molecule has 1 fully saturated rings. The first-order valence-corrected chi connectivity index (χ1v) is 7.65. The van der Waals surface area contributed by atoms with Crippen LogP contribution in [0.15, 0.2) is 27.6 Å². The summed E-state index contributed by atoms with van der Waals surface area (Å²) < 4.78 is 7.63. The number of nitrogens with one attached hydrogen (secondary N) is 1. The van der Waals surface area contributed by atoms with Crippen LogP contribution in [0.4, 0.5) is 0 Å². The van der Waals surface area contributed by atoms with Gasteiger partial charge in [0, 0.05) is 36.5 Å². The molecule has 0 unspecified atom stereocenters. The standard InChI is InChI=1S/C14H19BrN2O3/c15-12-4-5-14(19)17(8-12)9-13(18)16-6-1-7-20-10-11-2-3-11/h4-5,8,11H,1-3,6-7,9-10H2,(H,16,18). The first kappa shape index (κ1) is 15.3. The lowest BCUT2D eigenvalue weighted by molar-refractivity contribution is -0.121. The van der Waals surface area contributed by atoms with Crippen LogP contribution in [0, 0.1) is 5.92 Å². The number of nitrogens with zero attached hydrogens (tertiary/aromatic N) is 1. The second kappa shape index (κ2) is 7.59. The van der Waals surface area contributed by atoms with Crippen LogP contribution in [-0.4, -0.2) is 30.2 Å². The van der Waals surface area contributed by atoms with Gasteiger partial charge in [-0.05, 0) is 47.2 Å². The fourth-order valence-corrected chi connectivity index (χ4v) is 2.15. The van der Waals surface area contributed by atoms with Crippen molar-refractivity contribution in [2.24, 2.45) is 5.92 Å². The second-order valence-electron chi connectivity index (χ2n) is 5.04. The van der Waals surface area contributed by atoms with Crippen molar-refractivity contribution in [3.05, 3.63) is 33.2 Å². The number of pyridine rings is 1. The highest BCUT2D eigenvalue weighted by Gasteiger charge is 2.20. The van der Waals surface area contributed by atoms with Crippen molar-refractivity contribution in [2.45, 2.75) is 25.8 Å². The molecule has 0 aromatic carbocycles. The van der Waals surface area contributed by atoms with Gasteiger partial charge in [-0.15, -0.1) is 0 Å². The van der Waals surface area contributed by atoms with Gasteiger partial charge in [-0.2, -0.15) is 0 Å². The largest absolute Gasteiger partial charge is 0.381 e. The molecule has 1 aromatic rings. The smallest absolute Gasteiger partial charge is 0.251 e. The van der Waals surface area contributed by atoms with Gasteiger partial charge in [-0.1, -0.05) is 0 Å². The number of halogens is 1. The van der Waals surface area contributed by atoms with Crippen LogP contribution in [0.3, 0.4) is 0 Å². The Bertz CT molecular complexity index is 511. The minimum atomic E-state index is -0.184. The van der Waals surface area contributed by atoms with E-state index < -0.39 is 0 Å². The predicted molar refractivity (Wildman–Crippen MR) is 79.6 cm³/mol. The number of carbonyl (C=O) groups excluding carboxylic acids is 1. The Hall–Kier alpha value is -1.14. The van der Waals surface area contributed by atoms with Crippen molar-refractivity contribution >= 4 is 21.8 Å². The molecule has 5 nitrogen and oxygen atoms in total. The Morgan fingerprint density at radius 1 is 1.45 bits per heavy atom. The second-order valence-corrected chi connectivity index (χ2v) is 5.95. The van der Waals surface area contributed by atoms with E-state index in [1.54, 1.807) is 12.3 Å². The van der Waals surface area contributed by atoms with Crippen molar-refractivity contribution in [3.63, 3.8) is 0 Å². The molecule has 1 aliphatic rings. The van der Waals surface area contributed by atoms with Crippen LogP contribution < -0.4 is 10.9 Å². The number of amides is 1. The lowest BCUT2D eigenvalue weighted by atomic mass is 10.4. The number of hydrogen-bond donors (Lipinski definition) is 1. The third kappa shape index (κ3) is 5.46. The first-order valence-electron chi connectivity index (χ1n) is 6.85. The van der Waals surface area contributed by atoms with Crippen LogP contribution in [0.25, 0.3) is 0 Å². The monoisotopic (exact) mass is 342 g/mol. The van der Waals surface area contributed by atoms with E-state index in [-0.39, 0.29) is 18.0 Å². The van der Waals surface area contributed by atoms with Gasteiger partial charge < -0.3 is 14.6 Å². The molecule has 110 valence electrons. The zero-order valence-corrected chi connectivity index (χ0v) is 12.9. The molecule has 0 radical (unpaired) electrons. The summed E-state index contributed by atoms with van der Waals surface area (Å²) >= 11 is 3.28. The molecule has 20 heavy (non-hydrogen) atoms. The highest BCUT2D eigenvalue weighted by Crippen LogP contribution is 2.28. The Kier molecular flexibility index (Phi) is 5.79. The molecule has 2 rings (SSSR count). The maximum Gasteiger partial charge on any atom is 0.251 e. The number of ether oxygens (including phenoxy) is 1. The molecular formula is C14H19BrN2O3. The third-order valence-electron chi connectivity index (χ3n) is 3.10. The van der Waals surface area contributed by atoms with Gasteiger partial charge >= 0.3 is 0 Å². The summed E-state index contributed by atoms with van der Waals surface area (Å²) in [5, 5.41) is 2.79. The molecule has 0 bridgehead atoms. The van der Waals surface area contributed by atoms with Gasteiger partial charge in [0.05, 0.1) is 0 Å². The summed E-state index contributed by atoms with van der Waals surface area (Å²) in [5.41, 5.74) is -0.184. The first-order chi connectivity index (χ1) is 9.65.